The van der Waals surface area contributed by atoms with Crippen molar-refractivity contribution in [2.75, 3.05) is 24.3 Å². The highest BCUT2D eigenvalue weighted by molar-refractivity contribution is 6.42. The zero-order valence-electron chi connectivity index (χ0n) is 17.3. The molecule has 0 unspecified atom stereocenters. The molecule has 0 saturated heterocycles. The number of halogens is 2. The standard InChI is InChI=1S/C23H27Cl2N5/c1-30(2)22-18-7-3-4-9-20(18)28-23(29-22)27-17-12-10-16(11-13-17)26-14-15-6-5-8-19(24)21(15)25/h3-9,16-17,26H,10-14H2,1-2H3,(H,27,28,29)/t16-,17+. The van der Waals surface area contributed by atoms with Gasteiger partial charge in [-0.2, -0.15) is 4.98 Å². The third kappa shape index (κ3) is 4.80. The van der Waals surface area contributed by atoms with Gasteiger partial charge in [-0.3, -0.25) is 0 Å². The lowest BCUT2D eigenvalue weighted by atomic mass is 9.91. The van der Waals surface area contributed by atoms with Gasteiger partial charge in [-0.05, 0) is 49.4 Å². The predicted octanol–water partition coefficient (Wildman–Crippen LogP) is 5.52. The van der Waals surface area contributed by atoms with Gasteiger partial charge in [-0.15, -0.1) is 0 Å². The third-order valence-electron chi connectivity index (χ3n) is 5.68. The van der Waals surface area contributed by atoms with E-state index < -0.39 is 0 Å². The molecule has 0 spiro atoms. The largest absolute Gasteiger partial charge is 0.362 e. The zero-order chi connectivity index (χ0) is 21.1. The summed E-state index contributed by atoms with van der Waals surface area (Å²) in [7, 11) is 4.03. The van der Waals surface area contributed by atoms with Gasteiger partial charge in [0.1, 0.15) is 5.82 Å². The number of hydrogen-bond acceptors (Lipinski definition) is 5. The summed E-state index contributed by atoms with van der Waals surface area (Å²) in [6, 6.07) is 14.8. The lowest BCUT2D eigenvalue weighted by molar-refractivity contribution is 0.352. The van der Waals surface area contributed by atoms with Gasteiger partial charge >= 0.3 is 0 Å². The number of aromatic nitrogens is 2. The average Bonchev–Trinajstić information content (AvgIpc) is 2.75. The van der Waals surface area contributed by atoms with Crippen LogP contribution in [0.5, 0.6) is 0 Å². The molecule has 0 amide bonds. The van der Waals surface area contributed by atoms with E-state index in [1.807, 2.05) is 55.4 Å². The molecule has 1 aliphatic rings. The van der Waals surface area contributed by atoms with Crippen LogP contribution in [0.2, 0.25) is 10.0 Å². The maximum absolute atomic E-state index is 6.30. The summed E-state index contributed by atoms with van der Waals surface area (Å²) in [5.41, 5.74) is 2.01. The lowest BCUT2D eigenvalue weighted by Crippen LogP contribution is -2.37. The van der Waals surface area contributed by atoms with E-state index in [1.54, 1.807) is 0 Å². The molecule has 1 fully saturated rings. The van der Waals surface area contributed by atoms with Crippen molar-refractivity contribution in [2.24, 2.45) is 0 Å². The van der Waals surface area contributed by atoms with Crippen LogP contribution >= 0.6 is 23.2 Å². The Labute approximate surface area is 187 Å². The van der Waals surface area contributed by atoms with Crippen LogP contribution in [0.25, 0.3) is 10.9 Å². The number of nitrogens with one attached hydrogen (secondary N) is 2. The van der Waals surface area contributed by atoms with Gasteiger partial charge in [0.2, 0.25) is 5.95 Å². The second-order valence-electron chi connectivity index (χ2n) is 8.07. The monoisotopic (exact) mass is 443 g/mol. The summed E-state index contributed by atoms with van der Waals surface area (Å²) in [6.45, 7) is 0.738. The molecule has 0 atom stereocenters. The van der Waals surface area contributed by atoms with Gasteiger partial charge in [0.05, 0.1) is 15.6 Å². The van der Waals surface area contributed by atoms with Crippen molar-refractivity contribution in [3.8, 4) is 0 Å². The average molecular weight is 444 g/mol. The minimum Gasteiger partial charge on any atom is -0.362 e. The van der Waals surface area contributed by atoms with Gasteiger partial charge in [-0.1, -0.05) is 47.5 Å². The Morgan fingerprint density at radius 1 is 0.933 bits per heavy atom. The van der Waals surface area contributed by atoms with Gasteiger partial charge in [0.25, 0.3) is 0 Å². The van der Waals surface area contributed by atoms with Crippen LogP contribution in [-0.2, 0) is 6.54 Å². The number of para-hydroxylation sites is 1. The van der Waals surface area contributed by atoms with E-state index in [2.05, 4.69) is 16.7 Å². The highest BCUT2D eigenvalue weighted by Gasteiger charge is 2.22. The van der Waals surface area contributed by atoms with Gasteiger partial charge in [0.15, 0.2) is 0 Å². The van der Waals surface area contributed by atoms with Crippen LogP contribution in [0.3, 0.4) is 0 Å². The van der Waals surface area contributed by atoms with Crippen molar-refractivity contribution >= 4 is 45.9 Å². The molecule has 1 aliphatic carbocycles. The highest BCUT2D eigenvalue weighted by Crippen LogP contribution is 2.28. The normalized spacial score (nSPS) is 19.1. The molecule has 2 N–H and O–H groups in total. The number of benzene rings is 2. The van der Waals surface area contributed by atoms with Crippen molar-refractivity contribution in [1.29, 1.82) is 0 Å². The maximum Gasteiger partial charge on any atom is 0.225 e. The fourth-order valence-corrected chi connectivity index (χ4v) is 4.42. The lowest BCUT2D eigenvalue weighted by Gasteiger charge is -2.30. The third-order valence-corrected chi connectivity index (χ3v) is 6.54. The van der Waals surface area contributed by atoms with E-state index in [4.69, 9.17) is 33.2 Å². The minimum atomic E-state index is 0.383. The smallest absolute Gasteiger partial charge is 0.225 e. The summed E-state index contributed by atoms with van der Waals surface area (Å²) >= 11 is 12.4. The van der Waals surface area contributed by atoms with Crippen LogP contribution < -0.4 is 15.5 Å². The van der Waals surface area contributed by atoms with Crippen molar-refractivity contribution in [3.05, 3.63) is 58.1 Å². The Morgan fingerprint density at radius 3 is 2.43 bits per heavy atom. The summed E-state index contributed by atoms with van der Waals surface area (Å²) in [5.74, 6) is 1.65. The van der Waals surface area contributed by atoms with Crippen LogP contribution in [0.4, 0.5) is 11.8 Å². The summed E-state index contributed by atoms with van der Waals surface area (Å²) in [6.07, 6.45) is 4.36. The Hall–Kier alpha value is -2.08. The molecule has 30 heavy (non-hydrogen) atoms. The van der Waals surface area contributed by atoms with Crippen LogP contribution in [0.1, 0.15) is 31.2 Å². The molecule has 3 aromatic rings. The maximum atomic E-state index is 6.30. The number of rotatable bonds is 6. The van der Waals surface area contributed by atoms with E-state index in [1.165, 1.54) is 0 Å². The molecule has 0 bridgehead atoms. The van der Waals surface area contributed by atoms with E-state index in [9.17, 15) is 0 Å². The number of anilines is 2. The Balaban J connectivity index is 1.35. The Bertz CT molecular complexity index is 1020. The van der Waals surface area contributed by atoms with Gasteiger partial charge in [-0.25, -0.2) is 4.98 Å². The van der Waals surface area contributed by atoms with E-state index in [-0.39, 0.29) is 0 Å². The first kappa shape index (κ1) is 21.2. The summed E-state index contributed by atoms with van der Waals surface area (Å²) < 4.78 is 0. The first-order chi connectivity index (χ1) is 14.5. The Kier molecular flexibility index (Phi) is 6.61. The summed E-state index contributed by atoms with van der Waals surface area (Å²) in [5, 5.41) is 9.52. The van der Waals surface area contributed by atoms with E-state index in [0.717, 1.165) is 54.5 Å². The number of nitrogens with zero attached hydrogens (tertiary/aromatic N) is 3. The SMILES string of the molecule is CN(C)c1nc(N[C@H]2CC[C@@H](NCc3cccc(Cl)c3Cl)CC2)nc2ccccc12. The minimum absolute atomic E-state index is 0.383. The number of hydrogen-bond donors (Lipinski definition) is 2. The van der Waals surface area contributed by atoms with Crippen molar-refractivity contribution in [3.63, 3.8) is 0 Å². The van der Waals surface area contributed by atoms with Gasteiger partial charge in [0, 0.05) is 38.1 Å². The zero-order valence-corrected chi connectivity index (χ0v) is 18.8. The molecule has 7 heteroatoms. The second-order valence-corrected chi connectivity index (χ2v) is 8.85. The molecule has 0 aliphatic heterocycles. The molecular weight excluding hydrogens is 417 g/mol. The van der Waals surface area contributed by atoms with Crippen LogP contribution in [0, 0.1) is 0 Å². The van der Waals surface area contributed by atoms with Gasteiger partial charge < -0.3 is 15.5 Å². The molecule has 1 saturated carbocycles. The molecule has 0 radical (unpaired) electrons. The quantitative estimate of drug-likeness (QED) is 0.525. The Morgan fingerprint density at radius 2 is 1.67 bits per heavy atom. The van der Waals surface area contributed by atoms with E-state index >= 15 is 0 Å². The summed E-state index contributed by atoms with van der Waals surface area (Å²) in [4.78, 5) is 11.5. The number of fused-ring (bicyclic) bond motifs is 1. The molecule has 2 aromatic carbocycles. The fraction of sp³-hybridized carbons (Fsp3) is 0.391. The van der Waals surface area contributed by atoms with E-state index in [0.29, 0.717) is 28.1 Å². The molecule has 158 valence electrons. The molecule has 1 heterocycles. The van der Waals surface area contributed by atoms with Crippen molar-refractivity contribution in [1.82, 2.24) is 15.3 Å². The first-order valence-corrected chi connectivity index (χ1v) is 11.1. The second kappa shape index (κ2) is 9.38. The topological polar surface area (TPSA) is 53.1 Å². The molecule has 4 rings (SSSR count). The van der Waals surface area contributed by atoms with Crippen molar-refractivity contribution < 1.29 is 0 Å². The van der Waals surface area contributed by atoms with Crippen LogP contribution in [0.15, 0.2) is 42.5 Å². The highest BCUT2D eigenvalue weighted by atomic mass is 35.5. The molecule has 1 aromatic heterocycles. The molecule has 5 nitrogen and oxygen atoms in total. The molecular formula is C23H27Cl2N5. The van der Waals surface area contributed by atoms with Crippen LogP contribution in [-0.4, -0.2) is 36.1 Å². The van der Waals surface area contributed by atoms with Crippen molar-refractivity contribution in [2.45, 2.75) is 44.3 Å². The predicted molar refractivity (Wildman–Crippen MR) is 127 cm³/mol. The first-order valence-electron chi connectivity index (χ1n) is 10.4. The fourth-order valence-electron chi connectivity index (χ4n) is 4.03.